The first-order valence-electron chi connectivity index (χ1n) is 9.57. The minimum atomic E-state index is -0.0163. The van der Waals surface area contributed by atoms with Crippen LogP contribution in [0.2, 0.25) is 0 Å². The zero-order valence-electron chi connectivity index (χ0n) is 16.8. The van der Waals surface area contributed by atoms with Gasteiger partial charge in [0.15, 0.2) is 5.16 Å². The summed E-state index contributed by atoms with van der Waals surface area (Å²) in [4.78, 5) is 12.4. The molecule has 8 heteroatoms. The number of thiophene rings is 1. The van der Waals surface area contributed by atoms with Crippen molar-refractivity contribution in [1.82, 2.24) is 20.1 Å². The van der Waals surface area contributed by atoms with E-state index < -0.39 is 0 Å². The lowest BCUT2D eigenvalue weighted by atomic mass is 10.1. The lowest BCUT2D eigenvalue weighted by Gasteiger charge is -2.10. The molecule has 4 rings (SSSR count). The summed E-state index contributed by atoms with van der Waals surface area (Å²) >= 11 is 3.11. The molecule has 2 heterocycles. The van der Waals surface area contributed by atoms with Crippen LogP contribution in [0.3, 0.4) is 0 Å². The number of aromatic nitrogens is 3. The quantitative estimate of drug-likeness (QED) is 0.417. The lowest BCUT2D eigenvalue weighted by Crippen LogP contribution is -2.27. The molecular weight excluding hydrogens is 416 g/mol. The minimum absolute atomic E-state index is 0.0163. The number of carbonyl (C=O) groups excluding carboxylic acids is 1. The average molecular weight is 439 g/mol. The van der Waals surface area contributed by atoms with E-state index in [1.807, 2.05) is 47.9 Å². The second kappa shape index (κ2) is 9.32. The van der Waals surface area contributed by atoms with Gasteiger partial charge in [-0.05, 0) is 47.9 Å². The number of methoxy groups -OCH3 is 1. The van der Waals surface area contributed by atoms with Crippen LogP contribution < -0.4 is 10.1 Å². The molecule has 0 saturated carbocycles. The minimum Gasteiger partial charge on any atom is -0.497 e. The van der Waals surface area contributed by atoms with E-state index in [4.69, 9.17) is 4.74 Å². The Kier molecular flexibility index (Phi) is 6.35. The summed E-state index contributed by atoms with van der Waals surface area (Å²) in [5.74, 6) is 1.79. The molecule has 0 aliphatic carbocycles. The van der Waals surface area contributed by atoms with Crippen molar-refractivity contribution >= 4 is 39.1 Å². The standard InChI is InChI=1S/C22H22N4O2S2/c1-15-24-25-22(26(15)17-6-5-7-18(12-17)28-2)30-14-21(27)23-11-10-16-13-29-20-9-4-3-8-19(16)20/h3-9,12-13H,10-11,14H2,1-2H3,(H,23,27). The molecule has 4 aromatic rings. The molecule has 0 spiro atoms. The molecule has 0 unspecified atom stereocenters. The number of fused-ring (bicyclic) bond motifs is 1. The zero-order chi connectivity index (χ0) is 20.9. The Bertz CT molecular complexity index is 1170. The number of nitrogens with zero attached hydrogens (tertiary/aromatic N) is 3. The Morgan fingerprint density at radius 2 is 2.07 bits per heavy atom. The first kappa shape index (κ1) is 20.4. The van der Waals surface area contributed by atoms with Gasteiger partial charge in [0.1, 0.15) is 11.6 Å². The number of hydrogen-bond donors (Lipinski definition) is 1. The van der Waals surface area contributed by atoms with Crippen LogP contribution in [0.15, 0.2) is 59.1 Å². The summed E-state index contributed by atoms with van der Waals surface area (Å²) < 4.78 is 8.52. The molecule has 2 aromatic heterocycles. The number of aryl methyl sites for hydroxylation is 1. The molecule has 0 fully saturated rings. The third kappa shape index (κ3) is 4.49. The molecule has 0 aliphatic rings. The third-order valence-electron chi connectivity index (χ3n) is 4.72. The van der Waals surface area contributed by atoms with E-state index in [0.717, 1.165) is 23.7 Å². The number of rotatable bonds is 8. The molecule has 30 heavy (non-hydrogen) atoms. The van der Waals surface area contributed by atoms with Crippen molar-refractivity contribution in [3.05, 3.63) is 65.3 Å². The van der Waals surface area contributed by atoms with E-state index in [-0.39, 0.29) is 11.7 Å². The molecule has 154 valence electrons. The second-order valence-corrected chi connectivity index (χ2v) is 8.57. The van der Waals surface area contributed by atoms with Crippen molar-refractivity contribution in [2.75, 3.05) is 19.4 Å². The zero-order valence-corrected chi connectivity index (χ0v) is 18.4. The Labute approximate surface area is 183 Å². The summed E-state index contributed by atoms with van der Waals surface area (Å²) in [6, 6.07) is 16.1. The molecule has 2 aromatic carbocycles. The molecular formula is C22H22N4O2S2. The van der Waals surface area contributed by atoms with Gasteiger partial charge in [-0.25, -0.2) is 0 Å². The fourth-order valence-corrected chi connectivity index (χ4v) is 5.05. The van der Waals surface area contributed by atoms with Crippen LogP contribution in [0, 0.1) is 6.92 Å². The predicted octanol–water partition coefficient (Wildman–Crippen LogP) is 4.25. The summed E-state index contributed by atoms with van der Waals surface area (Å²) in [7, 11) is 1.64. The summed E-state index contributed by atoms with van der Waals surface area (Å²) in [6.07, 6.45) is 0.819. The number of carbonyl (C=O) groups is 1. The smallest absolute Gasteiger partial charge is 0.230 e. The monoisotopic (exact) mass is 438 g/mol. The summed E-state index contributed by atoms with van der Waals surface area (Å²) in [5, 5.41) is 15.5. The van der Waals surface area contributed by atoms with Gasteiger partial charge >= 0.3 is 0 Å². The highest BCUT2D eigenvalue weighted by Gasteiger charge is 2.14. The van der Waals surface area contributed by atoms with Crippen molar-refractivity contribution in [3.8, 4) is 11.4 Å². The normalized spacial score (nSPS) is 11.0. The molecule has 6 nitrogen and oxygen atoms in total. The van der Waals surface area contributed by atoms with Gasteiger partial charge in [0.05, 0.1) is 18.6 Å². The number of amides is 1. The number of hydrogen-bond acceptors (Lipinski definition) is 6. The first-order chi connectivity index (χ1) is 14.7. The fourth-order valence-electron chi connectivity index (χ4n) is 3.23. The van der Waals surface area contributed by atoms with Gasteiger partial charge in [-0.1, -0.05) is 36.0 Å². The van der Waals surface area contributed by atoms with Crippen LogP contribution in [0.4, 0.5) is 0 Å². The molecule has 0 aliphatic heterocycles. The Morgan fingerprint density at radius 1 is 1.20 bits per heavy atom. The van der Waals surface area contributed by atoms with Gasteiger partial charge in [-0.3, -0.25) is 9.36 Å². The predicted molar refractivity (Wildman–Crippen MR) is 122 cm³/mol. The second-order valence-electron chi connectivity index (χ2n) is 6.71. The van der Waals surface area contributed by atoms with Crippen molar-refractivity contribution in [2.24, 2.45) is 0 Å². The van der Waals surface area contributed by atoms with E-state index in [2.05, 4.69) is 33.0 Å². The Hall–Kier alpha value is -2.84. The molecule has 0 radical (unpaired) electrons. The molecule has 1 amide bonds. The molecule has 0 bridgehead atoms. The average Bonchev–Trinajstić information content (AvgIpc) is 3.35. The highest BCUT2D eigenvalue weighted by molar-refractivity contribution is 7.99. The number of nitrogens with one attached hydrogen (secondary N) is 1. The van der Waals surface area contributed by atoms with Crippen molar-refractivity contribution in [2.45, 2.75) is 18.5 Å². The molecule has 0 saturated heterocycles. The first-order valence-corrected chi connectivity index (χ1v) is 11.4. The van der Waals surface area contributed by atoms with E-state index in [1.54, 1.807) is 18.4 Å². The van der Waals surface area contributed by atoms with Crippen LogP contribution in [0.5, 0.6) is 5.75 Å². The van der Waals surface area contributed by atoms with Gasteiger partial charge in [0.25, 0.3) is 0 Å². The highest BCUT2D eigenvalue weighted by atomic mass is 32.2. The fraction of sp³-hybridized carbons (Fsp3) is 0.227. The number of benzene rings is 2. The van der Waals surface area contributed by atoms with E-state index in [1.165, 1.54) is 27.4 Å². The van der Waals surface area contributed by atoms with Crippen molar-refractivity contribution < 1.29 is 9.53 Å². The maximum atomic E-state index is 12.4. The number of ether oxygens (including phenoxy) is 1. The van der Waals surface area contributed by atoms with Crippen LogP contribution >= 0.6 is 23.1 Å². The highest BCUT2D eigenvalue weighted by Crippen LogP contribution is 2.26. The van der Waals surface area contributed by atoms with Gasteiger partial charge in [-0.15, -0.1) is 21.5 Å². The van der Waals surface area contributed by atoms with E-state index in [9.17, 15) is 4.79 Å². The third-order valence-corrected chi connectivity index (χ3v) is 6.66. The molecule has 1 N–H and O–H groups in total. The maximum Gasteiger partial charge on any atom is 0.230 e. The van der Waals surface area contributed by atoms with E-state index in [0.29, 0.717) is 11.7 Å². The SMILES string of the molecule is COc1cccc(-n2c(C)nnc2SCC(=O)NCCc2csc3ccccc23)c1. The van der Waals surface area contributed by atoms with Gasteiger partial charge in [-0.2, -0.15) is 0 Å². The maximum absolute atomic E-state index is 12.4. The van der Waals surface area contributed by atoms with Gasteiger partial charge in [0.2, 0.25) is 5.91 Å². The van der Waals surface area contributed by atoms with Gasteiger partial charge < -0.3 is 10.1 Å². The Balaban J connectivity index is 1.34. The van der Waals surface area contributed by atoms with Crippen LogP contribution in [0.25, 0.3) is 15.8 Å². The summed E-state index contributed by atoms with van der Waals surface area (Å²) in [6.45, 7) is 2.50. The number of thioether (sulfide) groups is 1. The van der Waals surface area contributed by atoms with Crippen molar-refractivity contribution in [1.29, 1.82) is 0 Å². The topological polar surface area (TPSA) is 69.0 Å². The van der Waals surface area contributed by atoms with Crippen LogP contribution in [-0.2, 0) is 11.2 Å². The van der Waals surface area contributed by atoms with Gasteiger partial charge in [0, 0.05) is 17.3 Å². The largest absolute Gasteiger partial charge is 0.497 e. The molecule has 0 atom stereocenters. The lowest BCUT2D eigenvalue weighted by molar-refractivity contribution is -0.118. The van der Waals surface area contributed by atoms with Crippen molar-refractivity contribution in [3.63, 3.8) is 0 Å². The van der Waals surface area contributed by atoms with Crippen LogP contribution in [0.1, 0.15) is 11.4 Å². The summed E-state index contributed by atoms with van der Waals surface area (Å²) in [5.41, 5.74) is 2.18. The van der Waals surface area contributed by atoms with E-state index >= 15 is 0 Å². The van der Waals surface area contributed by atoms with Crippen LogP contribution in [-0.4, -0.2) is 40.1 Å². The Morgan fingerprint density at radius 3 is 2.93 bits per heavy atom.